The van der Waals surface area contributed by atoms with Gasteiger partial charge < -0.3 is 24.6 Å². The van der Waals surface area contributed by atoms with Crippen LogP contribution in [0.4, 0.5) is 0 Å². The van der Waals surface area contributed by atoms with Crippen molar-refractivity contribution >= 4 is 19.8 Å². The Morgan fingerprint density at radius 2 is 0.732 bits per heavy atom. The number of aliphatic hydroxyl groups is 2. The number of hydrogen-bond acceptors (Lipinski definition) is 9. The fraction of sp³-hybridized carbons (Fsp3) is 0.911. The zero-order chi connectivity index (χ0) is 41.2. The van der Waals surface area contributed by atoms with Crippen LogP contribution in [0.1, 0.15) is 226 Å². The van der Waals surface area contributed by atoms with Gasteiger partial charge in [0.05, 0.1) is 26.4 Å². The van der Waals surface area contributed by atoms with Crippen molar-refractivity contribution in [2.24, 2.45) is 0 Å². The normalized spacial score (nSPS) is 13.9. The lowest BCUT2D eigenvalue weighted by atomic mass is 10.0. The monoisotopic (exact) mass is 819 g/mol. The summed E-state index contributed by atoms with van der Waals surface area (Å²) < 4.78 is 32.6. The van der Waals surface area contributed by atoms with E-state index in [-0.39, 0.29) is 12.8 Å². The minimum Gasteiger partial charge on any atom is -0.457 e. The molecule has 3 unspecified atom stereocenters. The average molecular weight is 819 g/mol. The van der Waals surface area contributed by atoms with Crippen LogP contribution in [0.25, 0.3) is 0 Å². The van der Waals surface area contributed by atoms with Gasteiger partial charge in [-0.1, -0.05) is 187 Å². The zero-order valence-corrected chi connectivity index (χ0v) is 37.0. The molecule has 3 N–H and O–H groups in total. The molecule has 0 spiro atoms. The Morgan fingerprint density at radius 3 is 1.02 bits per heavy atom. The summed E-state index contributed by atoms with van der Waals surface area (Å²) in [6.07, 6.45) is 40.4. The van der Waals surface area contributed by atoms with Gasteiger partial charge in [-0.05, 0) is 38.5 Å². The smallest absolute Gasteiger partial charge is 0.457 e. The van der Waals surface area contributed by atoms with Crippen LogP contribution in [0.3, 0.4) is 0 Å². The summed E-state index contributed by atoms with van der Waals surface area (Å²) in [6, 6.07) is 0. The molecular formula is C45H87O10P. The molecule has 0 fully saturated rings. The molecule has 0 saturated carbocycles. The molecule has 0 aromatic carbocycles. The van der Waals surface area contributed by atoms with E-state index in [1.807, 2.05) is 0 Å². The van der Waals surface area contributed by atoms with Crippen LogP contribution < -0.4 is 0 Å². The number of aliphatic hydroxyl groups excluding tert-OH is 2. The van der Waals surface area contributed by atoms with Crippen molar-refractivity contribution in [1.82, 2.24) is 0 Å². The first-order valence-electron chi connectivity index (χ1n) is 23.1. The standard InChI is InChI=1S/C45H87O10P/c1-3-5-7-9-11-13-15-17-19-20-21-22-23-25-27-29-31-33-35-37-45(49)55-43(39-47)41-53-56(50,51)52-40-42(38-46)54-44(48)36-34-32-30-28-26-24-18-16-14-12-10-8-6-4-2/h16,18,42-43,46-47H,3-15,17,19-41H2,1-2H3,(H,50,51)/b18-16-. The van der Waals surface area contributed by atoms with E-state index in [2.05, 4.69) is 26.0 Å². The SMILES string of the molecule is CCCCCCC/C=C\CCCCCCCC(=O)OC(CO)COP(=O)(O)OCC(CO)OC(=O)CCCCCCCCCCCCCCCCCCCCC. The van der Waals surface area contributed by atoms with Gasteiger partial charge in [-0.3, -0.25) is 18.6 Å². The molecular weight excluding hydrogens is 731 g/mol. The molecule has 56 heavy (non-hydrogen) atoms. The topological polar surface area (TPSA) is 149 Å². The molecule has 0 aliphatic carbocycles. The summed E-state index contributed by atoms with van der Waals surface area (Å²) in [5, 5.41) is 19.2. The Hall–Kier alpha value is -1.29. The maximum Gasteiger partial charge on any atom is 0.472 e. The van der Waals surface area contributed by atoms with Gasteiger partial charge in [0.1, 0.15) is 12.2 Å². The lowest BCUT2D eigenvalue weighted by Crippen LogP contribution is -2.28. The number of ether oxygens (including phenoxy) is 2. The third-order valence-corrected chi connectivity index (χ3v) is 11.2. The largest absolute Gasteiger partial charge is 0.472 e. The number of phosphoric acid groups is 1. The van der Waals surface area contributed by atoms with E-state index in [0.717, 1.165) is 57.8 Å². The number of carbonyl (C=O) groups is 2. The van der Waals surface area contributed by atoms with Gasteiger partial charge in [0.15, 0.2) is 0 Å². The number of phosphoric ester groups is 1. The molecule has 10 nitrogen and oxygen atoms in total. The van der Waals surface area contributed by atoms with E-state index in [4.69, 9.17) is 18.5 Å². The molecule has 0 aromatic heterocycles. The average Bonchev–Trinajstić information content (AvgIpc) is 3.19. The number of unbranched alkanes of at least 4 members (excludes halogenated alkanes) is 28. The van der Waals surface area contributed by atoms with E-state index in [9.17, 15) is 29.3 Å². The predicted octanol–water partition coefficient (Wildman–Crippen LogP) is 12.4. The first-order valence-corrected chi connectivity index (χ1v) is 24.6. The first-order chi connectivity index (χ1) is 27.3. The number of hydrogen-bond donors (Lipinski definition) is 3. The highest BCUT2D eigenvalue weighted by Gasteiger charge is 2.27. The molecule has 0 aliphatic rings. The molecule has 0 rings (SSSR count). The van der Waals surface area contributed by atoms with Crippen molar-refractivity contribution in [1.29, 1.82) is 0 Å². The van der Waals surface area contributed by atoms with Crippen LogP contribution in [0, 0.1) is 0 Å². The lowest BCUT2D eigenvalue weighted by molar-refractivity contribution is -0.153. The Balaban J connectivity index is 3.86. The fourth-order valence-corrected chi connectivity index (χ4v) is 7.42. The highest BCUT2D eigenvalue weighted by atomic mass is 31.2. The summed E-state index contributed by atoms with van der Waals surface area (Å²) in [5.41, 5.74) is 0. The second-order valence-electron chi connectivity index (χ2n) is 15.7. The quantitative estimate of drug-likeness (QED) is 0.0235. The Morgan fingerprint density at radius 1 is 0.464 bits per heavy atom. The lowest BCUT2D eigenvalue weighted by Gasteiger charge is -2.20. The van der Waals surface area contributed by atoms with Crippen LogP contribution >= 0.6 is 7.82 Å². The number of carbonyl (C=O) groups excluding carboxylic acids is 2. The van der Waals surface area contributed by atoms with E-state index in [1.165, 1.54) is 128 Å². The maximum absolute atomic E-state index is 12.4. The molecule has 11 heteroatoms. The maximum atomic E-state index is 12.4. The van der Waals surface area contributed by atoms with Gasteiger partial charge in [-0.15, -0.1) is 0 Å². The highest BCUT2D eigenvalue weighted by molar-refractivity contribution is 7.47. The third-order valence-electron chi connectivity index (χ3n) is 10.2. The minimum atomic E-state index is -4.63. The molecule has 332 valence electrons. The van der Waals surface area contributed by atoms with Gasteiger partial charge in [-0.2, -0.15) is 0 Å². The number of rotatable bonds is 44. The molecule has 0 bridgehead atoms. The zero-order valence-electron chi connectivity index (χ0n) is 36.1. The van der Waals surface area contributed by atoms with Gasteiger partial charge in [-0.25, -0.2) is 4.57 Å². The van der Waals surface area contributed by atoms with E-state index in [0.29, 0.717) is 12.8 Å². The summed E-state index contributed by atoms with van der Waals surface area (Å²) >= 11 is 0. The fourth-order valence-electron chi connectivity index (χ4n) is 6.64. The highest BCUT2D eigenvalue weighted by Crippen LogP contribution is 2.43. The summed E-state index contributed by atoms with van der Waals surface area (Å²) in [7, 11) is -4.63. The van der Waals surface area contributed by atoms with Crippen LogP contribution in [0.5, 0.6) is 0 Å². The Labute approximate surface area is 343 Å². The molecule has 0 saturated heterocycles. The molecule has 0 aliphatic heterocycles. The van der Waals surface area contributed by atoms with E-state index >= 15 is 0 Å². The van der Waals surface area contributed by atoms with Gasteiger partial charge in [0.25, 0.3) is 0 Å². The Kier molecular flexibility index (Phi) is 40.9. The summed E-state index contributed by atoms with van der Waals surface area (Å²) in [4.78, 5) is 34.5. The number of esters is 2. The van der Waals surface area contributed by atoms with Crippen molar-refractivity contribution in [3.8, 4) is 0 Å². The van der Waals surface area contributed by atoms with Gasteiger partial charge >= 0.3 is 19.8 Å². The van der Waals surface area contributed by atoms with Crippen molar-refractivity contribution in [3.63, 3.8) is 0 Å². The second kappa shape index (κ2) is 41.9. The van der Waals surface area contributed by atoms with E-state index in [1.54, 1.807) is 0 Å². The predicted molar refractivity (Wildman–Crippen MR) is 229 cm³/mol. The van der Waals surface area contributed by atoms with Crippen LogP contribution in [0.2, 0.25) is 0 Å². The minimum absolute atomic E-state index is 0.185. The third kappa shape index (κ3) is 39.5. The second-order valence-corrected chi connectivity index (χ2v) is 17.2. The van der Waals surface area contributed by atoms with Crippen LogP contribution in [-0.4, -0.2) is 65.7 Å². The first kappa shape index (κ1) is 54.7. The summed E-state index contributed by atoms with van der Waals surface area (Å²) in [6.45, 7) is 2.23. The van der Waals surface area contributed by atoms with Crippen molar-refractivity contribution in [3.05, 3.63) is 12.2 Å². The number of allylic oxidation sites excluding steroid dienone is 2. The molecule has 0 amide bonds. The molecule has 0 heterocycles. The van der Waals surface area contributed by atoms with Crippen molar-refractivity contribution < 1.29 is 47.8 Å². The van der Waals surface area contributed by atoms with Crippen LogP contribution in [-0.2, 0) is 32.7 Å². The van der Waals surface area contributed by atoms with Crippen molar-refractivity contribution in [2.45, 2.75) is 238 Å². The molecule has 3 atom stereocenters. The van der Waals surface area contributed by atoms with Gasteiger partial charge in [0.2, 0.25) is 0 Å². The Bertz CT molecular complexity index is 946. The van der Waals surface area contributed by atoms with Crippen LogP contribution in [0.15, 0.2) is 12.2 Å². The van der Waals surface area contributed by atoms with Gasteiger partial charge in [0, 0.05) is 12.8 Å². The van der Waals surface area contributed by atoms with Crippen molar-refractivity contribution in [2.75, 3.05) is 26.4 Å². The summed E-state index contributed by atoms with van der Waals surface area (Å²) in [5.74, 6) is -1.02. The van der Waals surface area contributed by atoms with E-state index < -0.39 is 58.4 Å². The molecule has 0 radical (unpaired) electrons. The molecule has 0 aromatic rings.